The number of thiazole rings is 1. The normalized spacial score (nSPS) is 11.2. The Hall–Kier alpha value is -2.98. The van der Waals surface area contributed by atoms with Crippen molar-refractivity contribution in [3.63, 3.8) is 0 Å². The lowest BCUT2D eigenvalue weighted by molar-refractivity contribution is 0.0944. The predicted molar refractivity (Wildman–Crippen MR) is 118 cm³/mol. The lowest BCUT2D eigenvalue weighted by Crippen LogP contribution is -2.27. The third-order valence-electron chi connectivity index (χ3n) is 4.24. The Kier molecular flexibility index (Phi) is 6.47. The van der Waals surface area contributed by atoms with Crippen molar-refractivity contribution >= 4 is 29.0 Å². The first-order valence-electron chi connectivity index (χ1n) is 9.62. The number of thioether (sulfide) groups is 1. The molecule has 0 aliphatic heterocycles. The average molecular weight is 458 g/mol. The molecule has 0 aliphatic carbocycles. The Balaban J connectivity index is 1.54. The number of aromatic nitrogens is 4. The molecule has 1 amide bonds. The number of hydrogen-bond donors (Lipinski definition) is 1. The summed E-state index contributed by atoms with van der Waals surface area (Å²) in [5.41, 5.74) is 1.13. The molecule has 3 aromatic heterocycles. The van der Waals surface area contributed by atoms with E-state index in [1.54, 1.807) is 35.9 Å². The summed E-state index contributed by atoms with van der Waals surface area (Å²) < 4.78 is 20.7. The summed E-state index contributed by atoms with van der Waals surface area (Å²) in [5, 5.41) is 14.6. The molecule has 10 heteroatoms. The van der Waals surface area contributed by atoms with Crippen LogP contribution in [0.4, 0.5) is 4.39 Å². The van der Waals surface area contributed by atoms with E-state index in [0.717, 1.165) is 5.01 Å². The van der Waals surface area contributed by atoms with Crippen LogP contribution in [0.1, 0.15) is 29.3 Å². The van der Waals surface area contributed by atoms with Crippen molar-refractivity contribution in [1.29, 1.82) is 0 Å². The lowest BCUT2D eigenvalue weighted by Gasteiger charge is -2.08. The average Bonchev–Trinajstić information content (AvgIpc) is 3.51. The van der Waals surface area contributed by atoms with Gasteiger partial charge in [-0.2, -0.15) is 0 Å². The minimum atomic E-state index is -0.323. The molecule has 1 aromatic carbocycles. The molecule has 0 bridgehead atoms. The van der Waals surface area contributed by atoms with Crippen molar-refractivity contribution in [1.82, 2.24) is 25.1 Å². The molecular formula is C21H20FN5O2S2. The fourth-order valence-electron chi connectivity index (χ4n) is 2.75. The predicted octanol–water partition coefficient (Wildman–Crippen LogP) is 4.80. The van der Waals surface area contributed by atoms with E-state index >= 15 is 0 Å². The van der Waals surface area contributed by atoms with Gasteiger partial charge in [-0.1, -0.05) is 25.6 Å². The molecule has 0 atom stereocenters. The first kappa shape index (κ1) is 21.3. The number of carbonyl (C=O) groups excluding carboxylic acids is 1. The molecule has 0 saturated heterocycles. The van der Waals surface area contributed by atoms with Gasteiger partial charge in [0.15, 0.2) is 10.9 Å². The van der Waals surface area contributed by atoms with Crippen LogP contribution in [-0.2, 0) is 5.75 Å². The van der Waals surface area contributed by atoms with Gasteiger partial charge in [0.05, 0.1) is 17.7 Å². The second-order valence-corrected chi connectivity index (χ2v) is 9.00. The number of rotatable bonds is 8. The van der Waals surface area contributed by atoms with Crippen LogP contribution in [0.2, 0.25) is 0 Å². The monoisotopic (exact) mass is 457 g/mol. The molecule has 7 nitrogen and oxygen atoms in total. The van der Waals surface area contributed by atoms with E-state index in [4.69, 9.17) is 4.42 Å². The highest BCUT2D eigenvalue weighted by Crippen LogP contribution is 2.30. The van der Waals surface area contributed by atoms with Gasteiger partial charge in [0.1, 0.15) is 16.5 Å². The molecule has 4 aromatic rings. The highest BCUT2D eigenvalue weighted by Gasteiger charge is 2.19. The van der Waals surface area contributed by atoms with Crippen LogP contribution in [0, 0.1) is 11.7 Å². The van der Waals surface area contributed by atoms with Crippen molar-refractivity contribution in [2.75, 3.05) is 6.54 Å². The maximum atomic E-state index is 13.4. The van der Waals surface area contributed by atoms with Gasteiger partial charge in [0, 0.05) is 11.9 Å². The topological polar surface area (TPSA) is 85.8 Å². The van der Waals surface area contributed by atoms with Crippen molar-refractivity contribution < 1.29 is 13.6 Å². The van der Waals surface area contributed by atoms with Gasteiger partial charge >= 0.3 is 0 Å². The number of carbonyl (C=O) groups is 1. The number of hydrogen-bond acceptors (Lipinski definition) is 7. The number of benzene rings is 1. The molecule has 4 rings (SSSR count). The van der Waals surface area contributed by atoms with Crippen LogP contribution < -0.4 is 5.32 Å². The smallest absolute Gasteiger partial charge is 0.270 e. The molecule has 0 aliphatic rings. The third-order valence-corrected chi connectivity index (χ3v) is 6.21. The first-order valence-corrected chi connectivity index (χ1v) is 11.5. The van der Waals surface area contributed by atoms with Crippen LogP contribution in [0.3, 0.4) is 0 Å². The standard InChI is InChI=1S/C21H20FN5O2S2/c1-13(2)10-23-20(28)16-11-30-18(24-16)12-31-21-26-25-19(17-4-3-9-29-17)27(21)15-7-5-14(22)6-8-15/h3-9,11,13H,10,12H2,1-2H3,(H,23,28). The second kappa shape index (κ2) is 9.44. The Morgan fingerprint density at radius 2 is 2.06 bits per heavy atom. The summed E-state index contributed by atoms with van der Waals surface area (Å²) in [6.07, 6.45) is 1.56. The molecule has 0 fully saturated rings. The Bertz CT molecular complexity index is 1150. The summed E-state index contributed by atoms with van der Waals surface area (Å²) in [7, 11) is 0. The zero-order valence-corrected chi connectivity index (χ0v) is 18.5. The van der Waals surface area contributed by atoms with Gasteiger partial charge < -0.3 is 9.73 Å². The number of nitrogens with one attached hydrogen (secondary N) is 1. The number of nitrogens with zero attached hydrogens (tertiary/aromatic N) is 4. The molecule has 0 radical (unpaired) electrons. The summed E-state index contributed by atoms with van der Waals surface area (Å²) in [5.74, 6) is 1.47. The zero-order chi connectivity index (χ0) is 21.8. The van der Waals surface area contributed by atoms with Gasteiger partial charge in [-0.05, 0) is 42.3 Å². The molecule has 31 heavy (non-hydrogen) atoms. The Morgan fingerprint density at radius 3 is 2.77 bits per heavy atom. The molecular weight excluding hydrogens is 437 g/mol. The Labute approximate surface area is 186 Å². The van der Waals surface area contributed by atoms with Crippen LogP contribution in [0.15, 0.2) is 57.6 Å². The van der Waals surface area contributed by atoms with E-state index < -0.39 is 0 Å². The molecule has 1 N–H and O–H groups in total. The summed E-state index contributed by atoms with van der Waals surface area (Å²) in [4.78, 5) is 16.6. The van der Waals surface area contributed by atoms with Crippen LogP contribution in [0.25, 0.3) is 17.3 Å². The minimum absolute atomic E-state index is 0.171. The molecule has 3 heterocycles. The van der Waals surface area contributed by atoms with Crippen molar-refractivity contribution in [2.24, 2.45) is 5.92 Å². The maximum absolute atomic E-state index is 13.4. The van der Waals surface area contributed by atoms with Crippen LogP contribution in [0.5, 0.6) is 0 Å². The lowest BCUT2D eigenvalue weighted by atomic mass is 10.2. The van der Waals surface area contributed by atoms with Gasteiger partial charge in [-0.15, -0.1) is 21.5 Å². The number of amides is 1. The third kappa shape index (κ3) is 5.02. The fourth-order valence-corrected chi connectivity index (χ4v) is 4.49. The van der Waals surface area contributed by atoms with E-state index in [9.17, 15) is 9.18 Å². The summed E-state index contributed by atoms with van der Waals surface area (Å²) in [6.45, 7) is 4.69. The van der Waals surface area contributed by atoms with Crippen molar-refractivity contribution in [3.8, 4) is 17.3 Å². The van der Waals surface area contributed by atoms with Crippen molar-refractivity contribution in [2.45, 2.75) is 24.8 Å². The quantitative estimate of drug-likeness (QED) is 0.383. The molecule has 0 saturated carbocycles. The van der Waals surface area contributed by atoms with E-state index in [0.29, 0.717) is 46.3 Å². The van der Waals surface area contributed by atoms with Crippen LogP contribution in [-0.4, -0.2) is 32.2 Å². The highest BCUT2D eigenvalue weighted by atomic mass is 32.2. The van der Waals surface area contributed by atoms with Gasteiger partial charge in [-0.3, -0.25) is 9.36 Å². The van der Waals surface area contributed by atoms with E-state index in [1.807, 2.05) is 18.4 Å². The molecule has 0 unspecified atom stereocenters. The first-order chi connectivity index (χ1) is 15.0. The number of furan rings is 1. The maximum Gasteiger partial charge on any atom is 0.270 e. The summed E-state index contributed by atoms with van der Waals surface area (Å²) in [6, 6.07) is 9.66. The van der Waals surface area contributed by atoms with E-state index in [1.165, 1.54) is 35.2 Å². The second-order valence-electron chi connectivity index (χ2n) is 7.11. The van der Waals surface area contributed by atoms with Gasteiger partial charge in [0.2, 0.25) is 5.82 Å². The fraction of sp³-hybridized carbons (Fsp3) is 0.238. The van der Waals surface area contributed by atoms with Crippen LogP contribution >= 0.6 is 23.1 Å². The summed E-state index contributed by atoms with van der Waals surface area (Å²) >= 11 is 2.85. The van der Waals surface area contributed by atoms with E-state index in [-0.39, 0.29) is 11.7 Å². The SMILES string of the molecule is CC(C)CNC(=O)c1csc(CSc2nnc(-c3ccco3)n2-c2ccc(F)cc2)n1. The zero-order valence-electron chi connectivity index (χ0n) is 16.9. The Morgan fingerprint density at radius 1 is 1.26 bits per heavy atom. The van der Waals surface area contributed by atoms with Gasteiger partial charge in [0.25, 0.3) is 5.91 Å². The highest BCUT2D eigenvalue weighted by molar-refractivity contribution is 7.98. The van der Waals surface area contributed by atoms with Gasteiger partial charge in [-0.25, -0.2) is 9.37 Å². The largest absolute Gasteiger partial charge is 0.461 e. The van der Waals surface area contributed by atoms with Crippen molar-refractivity contribution in [3.05, 3.63) is 64.6 Å². The number of halogens is 1. The molecule has 160 valence electrons. The minimum Gasteiger partial charge on any atom is -0.461 e. The van der Waals surface area contributed by atoms with E-state index in [2.05, 4.69) is 20.5 Å². The molecule has 0 spiro atoms.